The van der Waals surface area contributed by atoms with Crippen LogP contribution in [-0.2, 0) is 4.79 Å². The monoisotopic (exact) mass is 275 g/mol. The highest BCUT2D eigenvalue weighted by Gasteiger charge is 2.17. The summed E-state index contributed by atoms with van der Waals surface area (Å²) in [5.41, 5.74) is 0.580. The Bertz CT molecular complexity index is 461. The summed E-state index contributed by atoms with van der Waals surface area (Å²) >= 11 is 0. The van der Waals surface area contributed by atoms with E-state index >= 15 is 0 Å². The highest BCUT2D eigenvalue weighted by atomic mass is 16.2. The van der Waals surface area contributed by atoms with E-state index in [0.29, 0.717) is 5.56 Å². The van der Waals surface area contributed by atoms with E-state index in [0.717, 1.165) is 32.6 Å². The Kier molecular flexibility index (Phi) is 5.12. The second kappa shape index (κ2) is 7.05. The minimum Gasteiger partial charge on any atom is -0.343 e. The Hall–Kier alpha value is -1.88. The summed E-state index contributed by atoms with van der Waals surface area (Å²) in [7, 11) is 2.06. The maximum absolute atomic E-state index is 12.1. The van der Waals surface area contributed by atoms with Crippen molar-refractivity contribution >= 4 is 11.8 Å². The summed E-state index contributed by atoms with van der Waals surface area (Å²) < 4.78 is 0. The molecular formula is C15H21N3O2. The number of benzene rings is 1. The second-order valence-electron chi connectivity index (χ2n) is 5.09. The van der Waals surface area contributed by atoms with Crippen LogP contribution in [0.2, 0.25) is 0 Å². The van der Waals surface area contributed by atoms with Gasteiger partial charge in [-0.15, -0.1) is 0 Å². The number of likely N-dealkylation sites (N-methyl/N-ethyl adjacent to an activating group) is 1. The van der Waals surface area contributed by atoms with Crippen molar-refractivity contribution in [1.29, 1.82) is 0 Å². The molecule has 0 aromatic heterocycles. The zero-order valence-corrected chi connectivity index (χ0v) is 11.8. The Balaban J connectivity index is 1.81. The van der Waals surface area contributed by atoms with E-state index in [1.165, 1.54) is 0 Å². The molecule has 2 rings (SSSR count). The van der Waals surface area contributed by atoms with Gasteiger partial charge in [0.25, 0.3) is 5.91 Å². The van der Waals surface area contributed by atoms with Gasteiger partial charge < -0.3 is 15.1 Å². The molecule has 1 N–H and O–H groups in total. The van der Waals surface area contributed by atoms with Crippen molar-refractivity contribution in [3.05, 3.63) is 35.9 Å². The Labute approximate surface area is 119 Å². The van der Waals surface area contributed by atoms with Crippen LogP contribution in [0.3, 0.4) is 0 Å². The Morgan fingerprint density at radius 2 is 1.85 bits per heavy atom. The lowest BCUT2D eigenvalue weighted by atomic mass is 10.2. The molecule has 1 saturated heterocycles. The van der Waals surface area contributed by atoms with Gasteiger partial charge in [0.15, 0.2) is 0 Å². The first kappa shape index (κ1) is 14.5. The van der Waals surface area contributed by atoms with Crippen molar-refractivity contribution in [1.82, 2.24) is 15.1 Å². The minimum absolute atomic E-state index is 0.00965. The lowest BCUT2D eigenvalue weighted by Crippen LogP contribution is -2.41. The van der Waals surface area contributed by atoms with Crippen molar-refractivity contribution in [2.24, 2.45) is 0 Å². The van der Waals surface area contributed by atoms with Crippen molar-refractivity contribution in [2.45, 2.75) is 6.42 Å². The fourth-order valence-corrected chi connectivity index (χ4v) is 2.26. The number of hydrogen-bond donors (Lipinski definition) is 1. The topological polar surface area (TPSA) is 52.6 Å². The first-order chi connectivity index (χ1) is 9.66. The molecule has 5 nitrogen and oxygen atoms in total. The highest BCUT2D eigenvalue weighted by molar-refractivity contribution is 5.96. The standard InChI is InChI=1S/C15H21N3O2/c1-17-8-5-9-18(11-10-17)14(19)12-16-15(20)13-6-3-2-4-7-13/h2-4,6-7H,5,8-12H2,1H3,(H,16,20). The normalized spacial score (nSPS) is 16.6. The van der Waals surface area contributed by atoms with E-state index in [1.54, 1.807) is 24.3 Å². The van der Waals surface area contributed by atoms with Gasteiger partial charge in [0.1, 0.15) is 0 Å². The maximum atomic E-state index is 12.1. The smallest absolute Gasteiger partial charge is 0.251 e. The van der Waals surface area contributed by atoms with Crippen molar-refractivity contribution in [2.75, 3.05) is 39.8 Å². The van der Waals surface area contributed by atoms with Crippen LogP contribution in [0, 0.1) is 0 Å². The third-order valence-corrected chi connectivity index (χ3v) is 3.51. The molecule has 1 heterocycles. The number of amides is 2. The molecule has 0 aliphatic carbocycles. The largest absolute Gasteiger partial charge is 0.343 e. The molecule has 0 radical (unpaired) electrons. The molecule has 0 saturated carbocycles. The van der Waals surface area contributed by atoms with E-state index < -0.39 is 0 Å². The van der Waals surface area contributed by atoms with Crippen molar-refractivity contribution in [3.8, 4) is 0 Å². The Morgan fingerprint density at radius 1 is 1.10 bits per heavy atom. The average Bonchev–Trinajstić information content (AvgIpc) is 2.70. The van der Waals surface area contributed by atoms with Crippen molar-refractivity contribution in [3.63, 3.8) is 0 Å². The van der Waals surface area contributed by atoms with E-state index in [9.17, 15) is 9.59 Å². The van der Waals surface area contributed by atoms with Crippen LogP contribution >= 0.6 is 0 Å². The molecule has 5 heteroatoms. The van der Waals surface area contributed by atoms with Gasteiger partial charge in [-0.2, -0.15) is 0 Å². The molecule has 0 atom stereocenters. The van der Waals surface area contributed by atoms with E-state index in [-0.39, 0.29) is 18.4 Å². The van der Waals surface area contributed by atoms with Gasteiger partial charge in [-0.1, -0.05) is 18.2 Å². The third-order valence-electron chi connectivity index (χ3n) is 3.51. The molecular weight excluding hydrogens is 254 g/mol. The van der Waals surface area contributed by atoms with Gasteiger partial charge in [0, 0.05) is 25.2 Å². The number of nitrogens with one attached hydrogen (secondary N) is 1. The van der Waals surface area contributed by atoms with Gasteiger partial charge >= 0.3 is 0 Å². The highest BCUT2D eigenvalue weighted by Crippen LogP contribution is 2.02. The van der Waals surface area contributed by atoms with E-state index in [2.05, 4.69) is 17.3 Å². The van der Waals surface area contributed by atoms with E-state index in [1.807, 2.05) is 11.0 Å². The van der Waals surface area contributed by atoms with E-state index in [4.69, 9.17) is 0 Å². The lowest BCUT2D eigenvalue weighted by molar-refractivity contribution is -0.129. The molecule has 1 aromatic carbocycles. The zero-order chi connectivity index (χ0) is 14.4. The maximum Gasteiger partial charge on any atom is 0.251 e. The predicted molar refractivity (Wildman–Crippen MR) is 77.5 cm³/mol. The van der Waals surface area contributed by atoms with Crippen LogP contribution in [0.1, 0.15) is 16.8 Å². The molecule has 1 fully saturated rings. The predicted octanol–water partition coefficient (Wildman–Crippen LogP) is 0.581. The summed E-state index contributed by atoms with van der Waals surface area (Å²) in [6.07, 6.45) is 0.981. The van der Waals surface area contributed by atoms with Crippen LogP contribution in [0.15, 0.2) is 30.3 Å². The molecule has 0 spiro atoms. The quantitative estimate of drug-likeness (QED) is 0.878. The fourth-order valence-electron chi connectivity index (χ4n) is 2.26. The molecule has 2 amide bonds. The van der Waals surface area contributed by atoms with Crippen LogP contribution in [0.25, 0.3) is 0 Å². The molecule has 1 aliphatic rings. The average molecular weight is 275 g/mol. The van der Waals surface area contributed by atoms with Gasteiger partial charge in [0.05, 0.1) is 6.54 Å². The first-order valence-electron chi connectivity index (χ1n) is 6.96. The SMILES string of the molecule is CN1CCCN(C(=O)CNC(=O)c2ccccc2)CC1. The summed E-state index contributed by atoms with van der Waals surface area (Å²) in [4.78, 5) is 28.0. The van der Waals surface area contributed by atoms with Crippen LogP contribution in [-0.4, -0.2) is 61.4 Å². The van der Waals surface area contributed by atoms with Crippen LogP contribution in [0.5, 0.6) is 0 Å². The lowest BCUT2D eigenvalue weighted by Gasteiger charge is -2.20. The number of carbonyl (C=O) groups excluding carboxylic acids is 2. The van der Waals surface area contributed by atoms with Crippen LogP contribution < -0.4 is 5.32 Å². The molecule has 0 unspecified atom stereocenters. The summed E-state index contributed by atoms with van der Waals surface area (Å²) in [6, 6.07) is 8.94. The minimum atomic E-state index is -0.203. The molecule has 108 valence electrons. The van der Waals surface area contributed by atoms with Gasteiger partial charge in [-0.25, -0.2) is 0 Å². The van der Waals surface area contributed by atoms with Crippen molar-refractivity contribution < 1.29 is 9.59 Å². The summed E-state index contributed by atoms with van der Waals surface area (Å²) in [5.74, 6) is -0.213. The fraction of sp³-hybridized carbons (Fsp3) is 0.467. The molecule has 1 aliphatic heterocycles. The van der Waals surface area contributed by atoms with Gasteiger partial charge in [-0.05, 0) is 32.1 Å². The third kappa shape index (κ3) is 4.06. The Morgan fingerprint density at radius 3 is 2.60 bits per heavy atom. The van der Waals surface area contributed by atoms with Crippen LogP contribution in [0.4, 0.5) is 0 Å². The molecule has 0 bridgehead atoms. The number of nitrogens with zero attached hydrogens (tertiary/aromatic N) is 2. The van der Waals surface area contributed by atoms with Gasteiger partial charge in [0.2, 0.25) is 5.91 Å². The van der Waals surface area contributed by atoms with Gasteiger partial charge in [-0.3, -0.25) is 9.59 Å². The first-order valence-corrected chi connectivity index (χ1v) is 6.96. The summed E-state index contributed by atoms with van der Waals surface area (Å²) in [6.45, 7) is 3.47. The zero-order valence-electron chi connectivity index (χ0n) is 11.8. The number of rotatable bonds is 3. The number of carbonyl (C=O) groups is 2. The second-order valence-corrected chi connectivity index (χ2v) is 5.09. The summed E-state index contributed by atoms with van der Waals surface area (Å²) in [5, 5.41) is 2.68. The number of hydrogen-bond acceptors (Lipinski definition) is 3. The molecule has 1 aromatic rings. The molecule has 20 heavy (non-hydrogen) atoms.